The summed E-state index contributed by atoms with van der Waals surface area (Å²) >= 11 is 0. The molecule has 3 heterocycles. The van der Waals surface area contributed by atoms with E-state index in [4.69, 9.17) is 10.00 Å². The third-order valence-electron chi connectivity index (χ3n) is 6.57. The van der Waals surface area contributed by atoms with Gasteiger partial charge in [-0.05, 0) is 63.8 Å². The Balaban J connectivity index is 1.66. The summed E-state index contributed by atoms with van der Waals surface area (Å²) in [4.78, 5) is 17.5. The van der Waals surface area contributed by atoms with E-state index in [1.54, 1.807) is 23.8 Å². The second kappa shape index (κ2) is 10.6. The summed E-state index contributed by atoms with van der Waals surface area (Å²) in [5.41, 5.74) is 1.78. The molecule has 36 heavy (non-hydrogen) atoms. The highest BCUT2D eigenvalue weighted by Gasteiger charge is 2.28. The van der Waals surface area contributed by atoms with Crippen LogP contribution in [-0.2, 0) is 4.74 Å². The van der Waals surface area contributed by atoms with E-state index < -0.39 is 17.7 Å². The standard InChI is InChI=1S/C26H31FN6O3/c1-26(2,35)24(27)15-30-25(34)20-14-29-22(11-21(20)32-17-5-4-6-19(10-17)36-3)23-8-7-18-9-16(12-28)13-31-33(18)23/h7-9,11,13-14,17,19,24,35H,4-6,10,15H2,1-3H3,(H,29,32)(H,30,34)/t17-,19+,24+/m0/s1. The quantitative estimate of drug-likeness (QED) is 0.438. The number of carbonyl (C=O) groups is 1. The van der Waals surface area contributed by atoms with E-state index in [1.165, 1.54) is 26.2 Å². The number of nitrogens with zero attached hydrogens (tertiary/aromatic N) is 4. The number of ether oxygens (including phenoxy) is 1. The molecule has 0 aliphatic heterocycles. The van der Waals surface area contributed by atoms with Gasteiger partial charge in [0, 0.05) is 19.3 Å². The van der Waals surface area contributed by atoms with Crippen LogP contribution in [0.25, 0.3) is 16.9 Å². The number of alkyl halides is 1. The minimum atomic E-state index is -1.62. The van der Waals surface area contributed by atoms with Gasteiger partial charge in [-0.25, -0.2) is 8.91 Å². The van der Waals surface area contributed by atoms with Gasteiger partial charge in [0.1, 0.15) is 12.2 Å². The Morgan fingerprint density at radius 3 is 2.89 bits per heavy atom. The molecule has 0 saturated heterocycles. The lowest BCUT2D eigenvalue weighted by Gasteiger charge is -2.30. The lowest BCUT2D eigenvalue weighted by molar-refractivity contribution is -0.00177. The maximum absolute atomic E-state index is 14.3. The Kier molecular flexibility index (Phi) is 7.52. The first-order chi connectivity index (χ1) is 17.2. The highest BCUT2D eigenvalue weighted by atomic mass is 19.1. The molecule has 0 unspecified atom stereocenters. The van der Waals surface area contributed by atoms with Crippen molar-refractivity contribution >= 4 is 17.1 Å². The first-order valence-electron chi connectivity index (χ1n) is 12.0. The van der Waals surface area contributed by atoms with E-state index in [9.17, 15) is 14.3 Å². The van der Waals surface area contributed by atoms with E-state index in [2.05, 4.69) is 26.8 Å². The monoisotopic (exact) mass is 494 g/mol. The Labute approximate surface area is 209 Å². The molecular formula is C26H31FN6O3. The molecule has 0 aromatic carbocycles. The van der Waals surface area contributed by atoms with Gasteiger partial charge in [-0.15, -0.1) is 0 Å². The van der Waals surface area contributed by atoms with Gasteiger partial charge < -0.3 is 20.5 Å². The van der Waals surface area contributed by atoms with Crippen LogP contribution < -0.4 is 10.6 Å². The van der Waals surface area contributed by atoms with Crippen LogP contribution in [0.2, 0.25) is 0 Å². The van der Waals surface area contributed by atoms with E-state index in [0.717, 1.165) is 31.2 Å². The Hall–Kier alpha value is -3.55. The van der Waals surface area contributed by atoms with Gasteiger partial charge in [0.2, 0.25) is 0 Å². The number of hydrogen-bond donors (Lipinski definition) is 3. The van der Waals surface area contributed by atoms with Crippen LogP contribution >= 0.6 is 0 Å². The second-order valence-electron chi connectivity index (χ2n) is 9.72. The molecule has 9 nitrogen and oxygen atoms in total. The number of nitriles is 1. The molecule has 0 spiro atoms. The Morgan fingerprint density at radius 1 is 1.36 bits per heavy atom. The van der Waals surface area contributed by atoms with Gasteiger partial charge in [-0.1, -0.05) is 0 Å². The largest absolute Gasteiger partial charge is 0.387 e. The fourth-order valence-electron chi connectivity index (χ4n) is 4.39. The number of carbonyl (C=O) groups excluding carboxylic acids is 1. The smallest absolute Gasteiger partial charge is 0.255 e. The fraction of sp³-hybridized carbons (Fsp3) is 0.462. The number of methoxy groups -OCH3 is 1. The van der Waals surface area contributed by atoms with Crippen molar-refractivity contribution in [2.45, 2.75) is 63.4 Å². The molecule has 3 aromatic rings. The van der Waals surface area contributed by atoms with Crippen LogP contribution in [0.15, 0.2) is 36.7 Å². The van der Waals surface area contributed by atoms with Gasteiger partial charge in [-0.2, -0.15) is 10.4 Å². The van der Waals surface area contributed by atoms with Gasteiger partial charge in [0.25, 0.3) is 5.91 Å². The van der Waals surface area contributed by atoms with Crippen LogP contribution in [0.1, 0.15) is 55.5 Å². The SMILES string of the molecule is CO[C@@H]1CCC[C@H](Nc2cc(-c3ccc4cc(C#N)cnn34)ncc2C(=O)NC[C@@H](F)C(C)(C)O)C1. The molecule has 10 heteroatoms. The van der Waals surface area contributed by atoms with Gasteiger partial charge in [0.15, 0.2) is 0 Å². The van der Waals surface area contributed by atoms with E-state index in [0.29, 0.717) is 22.6 Å². The highest BCUT2D eigenvalue weighted by Crippen LogP contribution is 2.29. The first-order valence-corrected chi connectivity index (χ1v) is 12.0. The molecule has 0 radical (unpaired) electrons. The number of aliphatic hydroxyl groups is 1. The maximum Gasteiger partial charge on any atom is 0.255 e. The predicted octanol–water partition coefficient (Wildman–Crippen LogP) is 3.48. The van der Waals surface area contributed by atoms with Gasteiger partial charge in [-0.3, -0.25) is 9.78 Å². The zero-order chi connectivity index (χ0) is 25.9. The van der Waals surface area contributed by atoms with Crippen molar-refractivity contribution in [1.29, 1.82) is 5.26 Å². The lowest BCUT2D eigenvalue weighted by Crippen LogP contribution is -2.42. The number of halogens is 1. The Morgan fingerprint density at radius 2 is 2.17 bits per heavy atom. The number of nitrogens with one attached hydrogen (secondary N) is 2. The zero-order valence-electron chi connectivity index (χ0n) is 20.7. The van der Waals surface area contributed by atoms with Crippen LogP contribution in [0.3, 0.4) is 0 Å². The third-order valence-corrected chi connectivity index (χ3v) is 6.57. The number of hydrogen-bond acceptors (Lipinski definition) is 7. The van der Waals surface area contributed by atoms with Crippen molar-refractivity contribution in [2.75, 3.05) is 19.0 Å². The molecule has 1 aliphatic carbocycles. The normalized spacial score (nSPS) is 19.0. The topological polar surface area (TPSA) is 125 Å². The molecule has 1 fully saturated rings. The average Bonchev–Trinajstić information content (AvgIpc) is 3.29. The molecule has 0 bridgehead atoms. The molecule has 1 saturated carbocycles. The molecule has 3 aromatic heterocycles. The number of aromatic nitrogens is 3. The number of amides is 1. The summed E-state index contributed by atoms with van der Waals surface area (Å²) in [7, 11) is 1.70. The van der Waals surface area contributed by atoms with Crippen molar-refractivity contribution in [2.24, 2.45) is 0 Å². The van der Waals surface area contributed by atoms with Crippen LogP contribution in [-0.4, -0.2) is 63.2 Å². The number of pyridine rings is 1. The lowest BCUT2D eigenvalue weighted by atomic mass is 9.92. The number of fused-ring (bicyclic) bond motifs is 1. The van der Waals surface area contributed by atoms with Crippen LogP contribution in [0.5, 0.6) is 0 Å². The summed E-state index contributed by atoms with van der Waals surface area (Å²) < 4.78 is 21.5. The molecule has 3 atom stereocenters. The summed E-state index contributed by atoms with van der Waals surface area (Å²) in [6, 6.07) is 9.40. The molecular weight excluding hydrogens is 463 g/mol. The van der Waals surface area contributed by atoms with E-state index >= 15 is 0 Å². The first kappa shape index (κ1) is 25.5. The van der Waals surface area contributed by atoms with Crippen molar-refractivity contribution in [3.63, 3.8) is 0 Å². The van der Waals surface area contributed by atoms with Crippen LogP contribution in [0.4, 0.5) is 10.1 Å². The van der Waals surface area contributed by atoms with Gasteiger partial charge in [0.05, 0.1) is 58.2 Å². The maximum atomic E-state index is 14.3. The summed E-state index contributed by atoms with van der Waals surface area (Å²) in [6.07, 6.45) is 5.18. The summed E-state index contributed by atoms with van der Waals surface area (Å²) in [5.74, 6) is -0.487. The third kappa shape index (κ3) is 5.64. The van der Waals surface area contributed by atoms with Crippen molar-refractivity contribution in [3.05, 3.63) is 47.8 Å². The second-order valence-corrected chi connectivity index (χ2v) is 9.72. The average molecular weight is 495 g/mol. The minimum Gasteiger partial charge on any atom is -0.387 e. The van der Waals surface area contributed by atoms with E-state index in [-0.39, 0.29) is 24.3 Å². The van der Waals surface area contributed by atoms with Crippen molar-refractivity contribution in [1.82, 2.24) is 19.9 Å². The van der Waals surface area contributed by atoms with Crippen molar-refractivity contribution < 1.29 is 19.0 Å². The highest BCUT2D eigenvalue weighted by molar-refractivity contribution is 6.00. The predicted molar refractivity (Wildman–Crippen MR) is 133 cm³/mol. The summed E-state index contributed by atoms with van der Waals surface area (Å²) in [5, 5.41) is 29.4. The zero-order valence-corrected chi connectivity index (χ0v) is 20.7. The summed E-state index contributed by atoms with van der Waals surface area (Å²) in [6.45, 7) is 2.39. The molecule has 1 amide bonds. The van der Waals surface area contributed by atoms with Gasteiger partial charge >= 0.3 is 0 Å². The molecule has 1 aliphatic rings. The molecule has 3 N–H and O–H groups in total. The van der Waals surface area contributed by atoms with Crippen molar-refractivity contribution in [3.8, 4) is 17.5 Å². The molecule has 190 valence electrons. The Bertz CT molecular complexity index is 1280. The number of rotatable bonds is 8. The van der Waals surface area contributed by atoms with Crippen LogP contribution in [0, 0.1) is 11.3 Å². The minimum absolute atomic E-state index is 0.0937. The fourth-order valence-corrected chi connectivity index (χ4v) is 4.39. The number of anilines is 1. The van der Waals surface area contributed by atoms with E-state index in [1.807, 2.05) is 12.1 Å². The molecule has 4 rings (SSSR count).